The molecule has 6 heteroatoms. The molecule has 1 atom stereocenters. The maximum Gasteiger partial charge on any atom is 0.235 e. The number of carbonyl (C=O) groups excluding carboxylic acids is 1. The number of nitrogens with two attached hydrogens (primary N) is 1. The van der Waals surface area contributed by atoms with Gasteiger partial charge in [-0.15, -0.1) is 11.8 Å². The van der Waals surface area contributed by atoms with Gasteiger partial charge in [0.15, 0.2) is 0 Å². The van der Waals surface area contributed by atoms with Crippen molar-refractivity contribution in [3.05, 3.63) is 11.8 Å². The van der Waals surface area contributed by atoms with E-state index in [0.717, 1.165) is 17.3 Å². The molecule has 0 radical (unpaired) electrons. The summed E-state index contributed by atoms with van der Waals surface area (Å²) in [4.78, 5) is 11.1. The normalized spacial score (nSPS) is 12.7. The van der Waals surface area contributed by atoms with Gasteiger partial charge in [-0.3, -0.25) is 9.48 Å². The van der Waals surface area contributed by atoms with Gasteiger partial charge in [-0.05, 0) is 19.5 Å². The van der Waals surface area contributed by atoms with Crippen molar-refractivity contribution in [3.63, 3.8) is 0 Å². The van der Waals surface area contributed by atoms with Crippen molar-refractivity contribution >= 4 is 17.7 Å². The van der Waals surface area contributed by atoms with E-state index >= 15 is 0 Å². The van der Waals surface area contributed by atoms with Crippen molar-refractivity contribution in [2.75, 3.05) is 12.3 Å². The molecule has 1 unspecified atom stereocenters. The number of nitrogens with zero attached hydrogens (tertiary/aromatic N) is 2. The number of primary amides is 1. The van der Waals surface area contributed by atoms with Gasteiger partial charge in [-0.1, -0.05) is 6.92 Å². The summed E-state index contributed by atoms with van der Waals surface area (Å²) < 4.78 is 1.81. The molecular weight excluding hydrogens is 224 g/mol. The molecule has 1 amide bonds. The Kier molecular flexibility index (Phi) is 4.82. The minimum Gasteiger partial charge on any atom is -0.368 e. The maximum atomic E-state index is 11.1. The van der Waals surface area contributed by atoms with Crippen LogP contribution in [0.2, 0.25) is 0 Å². The van der Waals surface area contributed by atoms with E-state index in [-0.39, 0.29) is 11.9 Å². The minimum atomic E-state index is -0.312. The molecule has 1 rings (SSSR count). The number of hydrogen-bond donors (Lipinski definition) is 2. The molecular formula is C10H18N4OS. The lowest BCUT2D eigenvalue weighted by molar-refractivity contribution is -0.119. The van der Waals surface area contributed by atoms with Crippen molar-refractivity contribution in [1.29, 1.82) is 0 Å². The van der Waals surface area contributed by atoms with Crippen LogP contribution in [-0.2, 0) is 11.8 Å². The van der Waals surface area contributed by atoms with E-state index in [1.807, 2.05) is 31.6 Å². The van der Waals surface area contributed by atoms with Crippen molar-refractivity contribution in [1.82, 2.24) is 15.1 Å². The average molecular weight is 242 g/mol. The van der Waals surface area contributed by atoms with Crippen LogP contribution in [0.3, 0.4) is 0 Å². The van der Waals surface area contributed by atoms with E-state index in [0.29, 0.717) is 5.75 Å². The number of aromatic nitrogens is 2. The summed E-state index contributed by atoms with van der Waals surface area (Å²) >= 11 is 1.58. The second kappa shape index (κ2) is 5.91. The SMILES string of the molecule is CCNC(CSc1cc(C)nn1C)C(N)=O. The van der Waals surface area contributed by atoms with E-state index in [4.69, 9.17) is 5.73 Å². The standard InChI is InChI=1S/C10H18N4OS/c1-4-12-8(10(11)15)6-16-9-5-7(2)13-14(9)3/h5,8,12H,4,6H2,1-3H3,(H2,11,15). The summed E-state index contributed by atoms with van der Waals surface area (Å²) in [6.07, 6.45) is 0. The van der Waals surface area contributed by atoms with Gasteiger partial charge in [0.2, 0.25) is 5.91 Å². The third-order valence-corrected chi connectivity index (χ3v) is 3.33. The smallest absolute Gasteiger partial charge is 0.235 e. The number of aryl methyl sites for hydroxylation is 2. The van der Waals surface area contributed by atoms with Crippen LogP contribution in [0, 0.1) is 6.92 Å². The molecule has 1 heterocycles. The fourth-order valence-electron chi connectivity index (χ4n) is 1.38. The zero-order chi connectivity index (χ0) is 12.1. The summed E-state index contributed by atoms with van der Waals surface area (Å²) in [5.41, 5.74) is 6.27. The Morgan fingerprint density at radius 2 is 2.44 bits per heavy atom. The molecule has 5 nitrogen and oxygen atoms in total. The van der Waals surface area contributed by atoms with Gasteiger partial charge in [-0.2, -0.15) is 5.10 Å². The maximum absolute atomic E-state index is 11.1. The lowest BCUT2D eigenvalue weighted by atomic mass is 10.3. The van der Waals surface area contributed by atoms with Gasteiger partial charge in [-0.25, -0.2) is 0 Å². The number of hydrogen-bond acceptors (Lipinski definition) is 4. The molecule has 0 bridgehead atoms. The van der Waals surface area contributed by atoms with Crippen LogP contribution >= 0.6 is 11.8 Å². The number of thioether (sulfide) groups is 1. The predicted octanol–water partition coefficient (Wildman–Crippen LogP) is 0.284. The Hall–Kier alpha value is -1.01. The highest BCUT2D eigenvalue weighted by molar-refractivity contribution is 7.99. The Balaban J connectivity index is 2.55. The number of amides is 1. The molecule has 0 fully saturated rings. The topological polar surface area (TPSA) is 72.9 Å². The summed E-state index contributed by atoms with van der Waals surface area (Å²) in [5.74, 6) is 0.315. The summed E-state index contributed by atoms with van der Waals surface area (Å²) in [6, 6.07) is 1.71. The molecule has 0 aromatic carbocycles. The quantitative estimate of drug-likeness (QED) is 0.703. The summed E-state index contributed by atoms with van der Waals surface area (Å²) in [5, 5.41) is 8.34. The third-order valence-electron chi connectivity index (χ3n) is 2.15. The second-order valence-electron chi connectivity index (χ2n) is 3.57. The molecule has 0 spiro atoms. The lowest BCUT2D eigenvalue weighted by Gasteiger charge is -2.13. The van der Waals surface area contributed by atoms with E-state index < -0.39 is 0 Å². The lowest BCUT2D eigenvalue weighted by Crippen LogP contribution is -2.43. The molecule has 0 saturated carbocycles. The van der Waals surface area contributed by atoms with Crippen LogP contribution in [0.5, 0.6) is 0 Å². The monoisotopic (exact) mass is 242 g/mol. The number of rotatable bonds is 6. The van der Waals surface area contributed by atoms with Crippen molar-refractivity contribution < 1.29 is 4.79 Å². The minimum absolute atomic E-state index is 0.287. The first kappa shape index (κ1) is 13.1. The van der Waals surface area contributed by atoms with Crippen LogP contribution < -0.4 is 11.1 Å². The molecule has 0 aliphatic rings. The Morgan fingerprint density at radius 1 is 1.75 bits per heavy atom. The molecule has 3 N–H and O–H groups in total. The van der Waals surface area contributed by atoms with Gasteiger partial charge in [0.05, 0.1) is 16.8 Å². The van der Waals surface area contributed by atoms with Gasteiger partial charge < -0.3 is 11.1 Å². The number of nitrogens with one attached hydrogen (secondary N) is 1. The van der Waals surface area contributed by atoms with E-state index in [1.165, 1.54) is 0 Å². The largest absolute Gasteiger partial charge is 0.368 e. The third kappa shape index (κ3) is 3.53. The van der Waals surface area contributed by atoms with E-state index in [2.05, 4.69) is 10.4 Å². The molecule has 1 aromatic heterocycles. The van der Waals surface area contributed by atoms with E-state index in [1.54, 1.807) is 11.8 Å². The predicted molar refractivity (Wildman–Crippen MR) is 65.3 cm³/mol. The van der Waals surface area contributed by atoms with Gasteiger partial charge >= 0.3 is 0 Å². The molecule has 16 heavy (non-hydrogen) atoms. The van der Waals surface area contributed by atoms with E-state index in [9.17, 15) is 4.79 Å². The first-order valence-corrected chi connectivity index (χ1v) is 6.19. The summed E-state index contributed by atoms with van der Waals surface area (Å²) in [6.45, 7) is 4.63. The van der Waals surface area contributed by atoms with Crippen LogP contribution in [0.15, 0.2) is 11.1 Å². The first-order chi connectivity index (χ1) is 7.54. The highest BCUT2D eigenvalue weighted by Gasteiger charge is 2.15. The van der Waals surface area contributed by atoms with Crippen molar-refractivity contribution in [3.8, 4) is 0 Å². The zero-order valence-corrected chi connectivity index (χ0v) is 10.7. The zero-order valence-electron chi connectivity index (χ0n) is 9.86. The van der Waals surface area contributed by atoms with Crippen LogP contribution in [0.4, 0.5) is 0 Å². The number of likely N-dealkylation sites (N-methyl/N-ethyl adjacent to an activating group) is 1. The Morgan fingerprint density at radius 3 is 2.88 bits per heavy atom. The molecule has 1 aromatic rings. The molecule has 0 aliphatic carbocycles. The first-order valence-electron chi connectivity index (χ1n) is 5.20. The second-order valence-corrected chi connectivity index (χ2v) is 4.61. The van der Waals surface area contributed by atoms with Crippen molar-refractivity contribution in [2.45, 2.75) is 24.9 Å². The number of carbonyl (C=O) groups is 1. The Bertz CT molecular complexity index is 364. The fourth-order valence-corrected chi connectivity index (χ4v) is 2.48. The molecule has 0 aliphatic heterocycles. The van der Waals surface area contributed by atoms with Crippen molar-refractivity contribution in [2.24, 2.45) is 12.8 Å². The van der Waals surface area contributed by atoms with Gasteiger partial charge in [0.1, 0.15) is 0 Å². The summed E-state index contributed by atoms with van der Waals surface area (Å²) in [7, 11) is 1.89. The van der Waals surface area contributed by atoms with Crippen LogP contribution in [0.25, 0.3) is 0 Å². The van der Waals surface area contributed by atoms with Gasteiger partial charge in [0.25, 0.3) is 0 Å². The van der Waals surface area contributed by atoms with Gasteiger partial charge in [0, 0.05) is 12.8 Å². The highest BCUT2D eigenvalue weighted by Crippen LogP contribution is 2.18. The fraction of sp³-hybridized carbons (Fsp3) is 0.600. The molecule has 90 valence electrons. The van der Waals surface area contributed by atoms with Crippen LogP contribution in [0.1, 0.15) is 12.6 Å². The molecule has 0 saturated heterocycles. The van der Waals surface area contributed by atoms with Crippen LogP contribution in [-0.4, -0.2) is 34.0 Å². The Labute approximate surface area is 99.8 Å². The average Bonchev–Trinajstić information content (AvgIpc) is 2.51. The highest BCUT2D eigenvalue weighted by atomic mass is 32.2.